The molecule has 1 saturated heterocycles. The van der Waals surface area contributed by atoms with Crippen LogP contribution in [0.3, 0.4) is 0 Å². The van der Waals surface area contributed by atoms with Crippen molar-refractivity contribution >= 4 is 11.8 Å². The first-order chi connectivity index (χ1) is 11.4. The van der Waals surface area contributed by atoms with Crippen molar-refractivity contribution in [1.82, 2.24) is 10.1 Å². The van der Waals surface area contributed by atoms with Gasteiger partial charge in [0.25, 0.3) is 0 Å². The summed E-state index contributed by atoms with van der Waals surface area (Å²) in [4.78, 5) is 13.7. The molecule has 1 aliphatic rings. The predicted octanol–water partition coefficient (Wildman–Crippen LogP) is 2.01. The second kappa shape index (κ2) is 6.66. The van der Waals surface area contributed by atoms with Crippen LogP contribution in [0.4, 0.5) is 14.7 Å². The number of nitrogens with zero attached hydrogens (tertiary/aromatic N) is 2. The molecule has 1 aromatic heterocycles. The lowest BCUT2D eigenvalue weighted by molar-refractivity contribution is -0.117. The van der Waals surface area contributed by atoms with Gasteiger partial charge in [0.15, 0.2) is 0 Å². The third-order valence-corrected chi connectivity index (χ3v) is 3.94. The highest BCUT2D eigenvalue weighted by atomic mass is 19.1. The first-order valence-electron chi connectivity index (χ1n) is 7.52. The zero-order valence-electron chi connectivity index (χ0n) is 13.0. The number of nitrogens with one attached hydrogen (secondary N) is 1. The topological polar surface area (TPSA) is 78.6 Å². The highest BCUT2D eigenvalue weighted by molar-refractivity contribution is 5.91. The molecule has 0 aliphatic carbocycles. The van der Waals surface area contributed by atoms with Crippen molar-refractivity contribution in [3.05, 3.63) is 47.2 Å². The van der Waals surface area contributed by atoms with Gasteiger partial charge in [-0.3, -0.25) is 15.0 Å². The number of benzene rings is 1. The van der Waals surface area contributed by atoms with E-state index in [9.17, 15) is 18.7 Å². The van der Waals surface area contributed by atoms with E-state index < -0.39 is 23.8 Å². The average Bonchev–Trinajstić information content (AvgIpc) is 3.07. The Bertz CT molecular complexity index is 750. The number of amides is 1. The molecule has 1 fully saturated rings. The highest BCUT2D eigenvalue weighted by Gasteiger charge is 2.35. The summed E-state index contributed by atoms with van der Waals surface area (Å²) in [5, 5.41) is 16.1. The largest absolute Gasteiger partial charge is 0.392 e. The van der Waals surface area contributed by atoms with E-state index in [0.29, 0.717) is 5.69 Å². The summed E-state index contributed by atoms with van der Waals surface area (Å²) in [5.41, 5.74) is 0.761. The first-order valence-corrected chi connectivity index (χ1v) is 7.52. The van der Waals surface area contributed by atoms with Crippen molar-refractivity contribution in [3.63, 3.8) is 0 Å². The van der Waals surface area contributed by atoms with E-state index in [1.165, 1.54) is 0 Å². The number of carbonyl (C=O) groups excluding carboxylic acids is 1. The van der Waals surface area contributed by atoms with Crippen molar-refractivity contribution in [2.75, 3.05) is 18.4 Å². The third kappa shape index (κ3) is 3.60. The maximum Gasteiger partial charge on any atom is 0.240 e. The van der Waals surface area contributed by atoms with Gasteiger partial charge in [-0.05, 0) is 31.5 Å². The molecule has 6 nitrogen and oxygen atoms in total. The molecule has 2 N–H and O–H groups in total. The second-order valence-corrected chi connectivity index (χ2v) is 5.88. The molecule has 0 unspecified atom stereocenters. The van der Waals surface area contributed by atoms with E-state index in [-0.39, 0.29) is 36.9 Å². The van der Waals surface area contributed by atoms with Crippen molar-refractivity contribution in [2.45, 2.75) is 25.5 Å². The van der Waals surface area contributed by atoms with Crippen LogP contribution >= 0.6 is 0 Å². The minimum atomic E-state index is -0.710. The van der Waals surface area contributed by atoms with Crippen LogP contribution in [0.15, 0.2) is 28.8 Å². The van der Waals surface area contributed by atoms with Crippen LogP contribution in [-0.2, 0) is 4.79 Å². The summed E-state index contributed by atoms with van der Waals surface area (Å²) in [6.45, 7) is 1.83. The van der Waals surface area contributed by atoms with Gasteiger partial charge in [0.2, 0.25) is 11.8 Å². The number of aliphatic hydroxyl groups is 1. The first kappa shape index (κ1) is 16.5. The van der Waals surface area contributed by atoms with E-state index in [1.807, 2.05) is 0 Å². The van der Waals surface area contributed by atoms with Crippen molar-refractivity contribution < 1.29 is 23.2 Å². The van der Waals surface area contributed by atoms with Crippen LogP contribution in [0.1, 0.15) is 23.7 Å². The van der Waals surface area contributed by atoms with Crippen LogP contribution in [0.25, 0.3) is 0 Å². The van der Waals surface area contributed by atoms with Crippen LogP contribution in [-0.4, -0.2) is 40.3 Å². The van der Waals surface area contributed by atoms with Crippen LogP contribution in [0, 0.1) is 18.6 Å². The van der Waals surface area contributed by atoms with Gasteiger partial charge in [-0.15, -0.1) is 0 Å². The van der Waals surface area contributed by atoms with E-state index in [0.717, 1.165) is 18.2 Å². The normalized spacial score (nSPS) is 21.2. The number of aryl methyl sites for hydroxylation is 1. The molecule has 0 spiro atoms. The minimum absolute atomic E-state index is 0.0859. The summed E-state index contributed by atoms with van der Waals surface area (Å²) in [5.74, 6) is -1.30. The van der Waals surface area contributed by atoms with Crippen molar-refractivity contribution in [2.24, 2.45) is 0 Å². The monoisotopic (exact) mass is 337 g/mol. The summed E-state index contributed by atoms with van der Waals surface area (Å²) in [6, 6.07) is 4.18. The molecule has 1 aliphatic heterocycles. The number of carbonyl (C=O) groups is 1. The van der Waals surface area contributed by atoms with Gasteiger partial charge in [-0.2, -0.15) is 0 Å². The molecule has 2 atom stereocenters. The molecule has 3 rings (SSSR count). The van der Waals surface area contributed by atoms with Crippen molar-refractivity contribution in [3.8, 4) is 0 Å². The van der Waals surface area contributed by atoms with Crippen LogP contribution < -0.4 is 5.32 Å². The Labute approximate surface area is 137 Å². The molecule has 1 amide bonds. The molecule has 2 aromatic rings. The van der Waals surface area contributed by atoms with E-state index in [1.54, 1.807) is 17.9 Å². The molecule has 128 valence electrons. The van der Waals surface area contributed by atoms with Crippen LogP contribution in [0.5, 0.6) is 0 Å². The molecule has 2 heterocycles. The molecule has 1 aromatic carbocycles. The predicted molar refractivity (Wildman–Crippen MR) is 81.2 cm³/mol. The lowest BCUT2D eigenvalue weighted by atomic mass is 10.0. The molecule has 0 bridgehead atoms. The zero-order valence-corrected chi connectivity index (χ0v) is 13.0. The average molecular weight is 337 g/mol. The van der Waals surface area contributed by atoms with Crippen molar-refractivity contribution in [1.29, 1.82) is 0 Å². The molecule has 8 heteroatoms. The fourth-order valence-electron chi connectivity index (χ4n) is 2.93. The number of halogens is 2. The fourth-order valence-corrected chi connectivity index (χ4v) is 2.93. The Kier molecular flexibility index (Phi) is 4.59. The van der Waals surface area contributed by atoms with Gasteiger partial charge < -0.3 is 9.63 Å². The molecule has 0 saturated carbocycles. The molecular weight excluding hydrogens is 320 g/mol. The lowest BCUT2D eigenvalue weighted by Crippen LogP contribution is -2.34. The maximum absolute atomic E-state index is 14.0. The highest BCUT2D eigenvalue weighted by Crippen LogP contribution is 2.33. The van der Waals surface area contributed by atoms with Gasteiger partial charge in [-0.1, -0.05) is 5.16 Å². The number of hydrogen-bond donors (Lipinski definition) is 2. The Morgan fingerprint density at radius 1 is 1.46 bits per heavy atom. The Morgan fingerprint density at radius 2 is 2.25 bits per heavy atom. The fraction of sp³-hybridized carbons (Fsp3) is 0.375. The smallest absolute Gasteiger partial charge is 0.240 e. The van der Waals surface area contributed by atoms with Gasteiger partial charge in [-0.25, -0.2) is 8.78 Å². The third-order valence-electron chi connectivity index (χ3n) is 3.94. The molecular formula is C16H17F2N3O3. The van der Waals surface area contributed by atoms with E-state index in [2.05, 4.69) is 10.5 Å². The SMILES string of the molecule is Cc1cc(NC(=O)CN2C[C@@H](O)C[C@@H]2c2cc(F)ccc2F)on1. The van der Waals surface area contributed by atoms with Crippen LogP contribution in [0.2, 0.25) is 0 Å². The maximum atomic E-state index is 14.0. The summed E-state index contributed by atoms with van der Waals surface area (Å²) in [7, 11) is 0. The Balaban J connectivity index is 1.73. The second-order valence-electron chi connectivity index (χ2n) is 5.88. The summed E-state index contributed by atoms with van der Waals surface area (Å²) in [6.07, 6.45) is -0.479. The molecule has 0 radical (unpaired) electrons. The summed E-state index contributed by atoms with van der Waals surface area (Å²) < 4.78 is 32.3. The Hall–Kier alpha value is -2.32. The summed E-state index contributed by atoms with van der Waals surface area (Å²) >= 11 is 0. The minimum Gasteiger partial charge on any atom is -0.392 e. The Morgan fingerprint density at radius 3 is 2.96 bits per heavy atom. The zero-order chi connectivity index (χ0) is 17.3. The quantitative estimate of drug-likeness (QED) is 0.892. The number of aromatic nitrogens is 1. The number of anilines is 1. The van der Waals surface area contributed by atoms with Gasteiger partial charge >= 0.3 is 0 Å². The number of rotatable bonds is 4. The number of likely N-dealkylation sites (tertiary alicyclic amines) is 1. The van der Waals surface area contributed by atoms with E-state index in [4.69, 9.17) is 4.52 Å². The number of hydrogen-bond acceptors (Lipinski definition) is 5. The van der Waals surface area contributed by atoms with Gasteiger partial charge in [0.1, 0.15) is 11.6 Å². The standard InChI is InChI=1S/C16H17F2N3O3/c1-9-4-16(24-20-9)19-15(23)8-21-7-11(22)6-14(21)12-5-10(17)2-3-13(12)18/h2-5,11,14,22H,6-8H2,1H3,(H,19,23)/t11-,14+/m0/s1. The lowest BCUT2D eigenvalue weighted by Gasteiger charge is -2.24. The van der Waals surface area contributed by atoms with E-state index >= 15 is 0 Å². The molecule has 24 heavy (non-hydrogen) atoms. The number of β-amino-alcohol motifs (C(OH)–C–C–N with tert-alkyl or cyclic N) is 1. The van der Waals surface area contributed by atoms with Gasteiger partial charge in [0.05, 0.1) is 18.3 Å². The van der Waals surface area contributed by atoms with Gasteiger partial charge in [0, 0.05) is 24.2 Å². The number of aliphatic hydroxyl groups excluding tert-OH is 1.